The van der Waals surface area contributed by atoms with Gasteiger partial charge in [0.05, 0.1) is 19.9 Å². The van der Waals surface area contributed by atoms with Crippen molar-refractivity contribution in [2.75, 3.05) is 7.11 Å². The quantitative estimate of drug-likeness (QED) is 0.677. The number of esters is 1. The molecule has 1 N–H and O–H groups in total. The van der Waals surface area contributed by atoms with Crippen LogP contribution < -0.4 is 5.32 Å². The molecule has 7 nitrogen and oxygen atoms in total. The van der Waals surface area contributed by atoms with E-state index in [0.29, 0.717) is 5.56 Å². The van der Waals surface area contributed by atoms with Gasteiger partial charge < -0.3 is 14.5 Å². The molecule has 3 amide bonds. The van der Waals surface area contributed by atoms with Crippen molar-refractivity contribution in [2.24, 2.45) is 0 Å². The molecule has 0 spiro atoms. The van der Waals surface area contributed by atoms with Crippen molar-refractivity contribution in [3.63, 3.8) is 0 Å². The molecule has 25 heavy (non-hydrogen) atoms. The Morgan fingerprint density at radius 1 is 1.32 bits per heavy atom. The van der Waals surface area contributed by atoms with E-state index in [4.69, 9.17) is 4.42 Å². The summed E-state index contributed by atoms with van der Waals surface area (Å²) in [5.41, 5.74) is -1.15. The molecule has 1 aliphatic heterocycles. The number of nitrogens with zero attached hydrogens (tertiary/aromatic N) is 1. The molecule has 1 atom stereocenters. The van der Waals surface area contributed by atoms with E-state index in [2.05, 4.69) is 10.1 Å². The van der Waals surface area contributed by atoms with Gasteiger partial charge in [-0.15, -0.1) is 0 Å². The molecule has 0 aliphatic carbocycles. The van der Waals surface area contributed by atoms with E-state index in [1.807, 2.05) is 0 Å². The Labute approximate surface area is 142 Å². The predicted molar refractivity (Wildman–Crippen MR) is 82.9 cm³/mol. The molecule has 0 saturated carbocycles. The summed E-state index contributed by atoms with van der Waals surface area (Å²) >= 11 is 0. The number of urea groups is 1. The second-order valence-corrected chi connectivity index (χ2v) is 5.69. The van der Waals surface area contributed by atoms with Crippen LogP contribution in [0, 0.1) is 5.82 Å². The molecule has 1 unspecified atom stereocenters. The Morgan fingerprint density at radius 2 is 2.04 bits per heavy atom. The molecule has 1 aromatic carbocycles. The summed E-state index contributed by atoms with van der Waals surface area (Å²) in [5.74, 6) is -2.04. The van der Waals surface area contributed by atoms with Crippen LogP contribution in [-0.4, -0.2) is 29.9 Å². The van der Waals surface area contributed by atoms with Crippen molar-refractivity contribution in [1.82, 2.24) is 10.2 Å². The number of furan rings is 1. The fourth-order valence-electron chi connectivity index (χ4n) is 2.79. The van der Waals surface area contributed by atoms with Crippen LogP contribution in [0.5, 0.6) is 0 Å². The molecule has 8 heteroatoms. The van der Waals surface area contributed by atoms with Gasteiger partial charge >= 0.3 is 12.0 Å². The highest BCUT2D eigenvalue weighted by atomic mass is 19.1. The zero-order valence-electron chi connectivity index (χ0n) is 13.5. The lowest BCUT2D eigenvalue weighted by Crippen LogP contribution is -2.41. The fraction of sp³-hybridized carbons (Fsp3) is 0.235. The lowest BCUT2D eigenvalue weighted by Gasteiger charge is -2.22. The van der Waals surface area contributed by atoms with E-state index in [-0.39, 0.29) is 17.9 Å². The van der Waals surface area contributed by atoms with Crippen LogP contribution in [0.4, 0.5) is 9.18 Å². The van der Waals surface area contributed by atoms with Crippen molar-refractivity contribution in [1.29, 1.82) is 0 Å². The van der Waals surface area contributed by atoms with Crippen LogP contribution in [-0.2, 0) is 21.6 Å². The Balaban J connectivity index is 1.92. The topological polar surface area (TPSA) is 88.8 Å². The number of halogens is 1. The van der Waals surface area contributed by atoms with Crippen LogP contribution in [0.15, 0.2) is 41.0 Å². The van der Waals surface area contributed by atoms with Gasteiger partial charge in [-0.2, -0.15) is 0 Å². The maximum Gasteiger partial charge on any atom is 0.374 e. The number of hydrogen-bond donors (Lipinski definition) is 1. The molecule has 3 rings (SSSR count). The number of benzene rings is 1. The number of carbonyl (C=O) groups excluding carboxylic acids is 3. The molecule has 1 aromatic heterocycles. The third-order valence-corrected chi connectivity index (χ3v) is 4.13. The number of rotatable bonds is 4. The van der Waals surface area contributed by atoms with E-state index < -0.39 is 29.3 Å². The van der Waals surface area contributed by atoms with Crippen molar-refractivity contribution in [3.8, 4) is 0 Å². The monoisotopic (exact) mass is 346 g/mol. The fourth-order valence-corrected chi connectivity index (χ4v) is 2.79. The number of methoxy groups -OCH3 is 1. The van der Waals surface area contributed by atoms with Gasteiger partial charge in [0.1, 0.15) is 11.4 Å². The average Bonchev–Trinajstić information content (AvgIpc) is 3.14. The van der Waals surface area contributed by atoms with Gasteiger partial charge in [0, 0.05) is 11.1 Å². The smallest absolute Gasteiger partial charge is 0.374 e. The first-order valence-corrected chi connectivity index (χ1v) is 7.42. The molecule has 1 fully saturated rings. The highest BCUT2D eigenvalue weighted by Crippen LogP contribution is 2.31. The van der Waals surface area contributed by atoms with E-state index in [0.717, 1.165) is 4.90 Å². The van der Waals surface area contributed by atoms with Gasteiger partial charge in [0.15, 0.2) is 0 Å². The number of imide groups is 1. The summed E-state index contributed by atoms with van der Waals surface area (Å²) in [4.78, 5) is 37.6. The normalized spacial score (nSPS) is 19.9. The maximum absolute atomic E-state index is 14.1. The van der Waals surface area contributed by atoms with Crippen LogP contribution in [0.1, 0.15) is 28.6 Å². The number of ether oxygens (including phenoxy) is 1. The molecule has 1 aliphatic rings. The zero-order chi connectivity index (χ0) is 18.2. The van der Waals surface area contributed by atoms with E-state index in [1.54, 1.807) is 6.07 Å². The first-order chi connectivity index (χ1) is 11.9. The number of carbonyl (C=O) groups is 3. The molecular formula is C17H15FN2O5. The summed E-state index contributed by atoms with van der Waals surface area (Å²) < 4.78 is 23.8. The zero-order valence-corrected chi connectivity index (χ0v) is 13.5. The second kappa shape index (κ2) is 6.04. The number of amides is 3. The second-order valence-electron chi connectivity index (χ2n) is 5.69. The predicted octanol–water partition coefficient (Wildman–Crippen LogP) is 2.17. The Morgan fingerprint density at radius 3 is 2.72 bits per heavy atom. The minimum Gasteiger partial charge on any atom is -0.463 e. The lowest BCUT2D eigenvalue weighted by atomic mass is 9.91. The molecule has 1 saturated heterocycles. The van der Waals surface area contributed by atoms with Crippen LogP contribution >= 0.6 is 0 Å². The van der Waals surface area contributed by atoms with Gasteiger partial charge in [-0.1, -0.05) is 18.2 Å². The summed E-state index contributed by atoms with van der Waals surface area (Å²) in [6.07, 6.45) is 1.26. The Hall–Kier alpha value is -3.16. The summed E-state index contributed by atoms with van der Waals surface area (Å²) in [5, 5.41) is 2.51. The Bertz CT molecular complexity index is 862. The van der Waals surface area contributed by atoms with Crippen LogP contribution in [0.3, 0.4) is 0 Å². The first-order valence-electron chi connectivity index (χ1n) is 7.42. The van der Waals surface area contributed by atoms with Crippen molar-refractivity contribution in [3.05, 3.63) is 59.3 Å². The van der Waals surface area contributed by atoms with Gasteiger partial charge in [-0.05, 0) is 19.1 Å². The molecule has 2 aromatic rings. The van der Waals surface area contributed by atoms with Crippen molar-refractivity contribution >= 4 is 17.9 Å². The summed E-state index contributed by atoms with van der Waals surface area (Å²) in [6, 6.07) is 6.51. The minimum atomic E-state index is -1.53. The van der Waals surface area contributed by atoms with Crippen molar-refractivity contribution < 1.29 is 27.9 Å². The summed E-state index contributed by atoms with van der Waals surface area (Å²) in [7, 11) is 1.19. The van der Waals surface area contributed by atoms with Gasteiger partial charge in [-0.3, -0.25) is 9.69 Å². The minimum absolute atomic E-state index is 0.0660. The first kappa shape index (κ1) is 16.7. The Kier molecular flexibility index (Phi) is 4.03. The average molecular weight is 346 g/mol. The number of nitrogens with one attached hydrogen (secondary N) is 1. The van der Waals surface area contributed by atoms with E-state index >= 15 is 0 Å². The molecule has 130 valence electrons. The van der Waals surface area contributed by atoms with Crippen LogP contribution in [0.25, 0.3) is 0 Å². The molecule has 2 heterocycles. The van der Waals surface area contributed by atoms with Crippen molar-refractivity contribution in [2.45, 2.75) is 19.0 Å². The largest absolute Gasteiger partial charge is 0.463 e. The highest BCUT2D eigenvalue weighted by molar-refractivity contribution is 6.07. The lowest BCUT2D eigenvalue weighted by molar-refractivity contribution is -0.131. The highest BCUT2D eigenvalue weighted by Gasteiger charge is 2.50. The van der Waals surface area contributed by atoms with Crippen LogP contribution in [0.2, 0.25) is 0 Å². The maximum atomic E-state index is 14.1. The third-order valence-electron chi connectivity index (χ3n) is 4.13. The van der Waals surface area contributed by atoms with Gasteiger partial charge in [0.2, 0.25) is 5.76 Å². The molecule has 0 bridgehead atoms. The third kappa shape index (κ3) is 2.65. The SMILES string of the molecule is COC(=O)c1occc1CN1C(=O)NC(C)(c2ccccc2F)C1=O. The standard InChI is InChI=1S/C17H15FN2O5/c1-17(11-5-3-4-6-12(11)18)15(22)20(16(23)19-17)9-10-7-8-25-13(10)14(21)24-2/h3-8H,9H2,1-2H3,(H,19,23). The van der Waals surface area contributed by atoms with E-state index in [1.165, 1.54) is 44.6 Å². The summed E-state index contributed by atoms with van der Waals surface area (Å²) in [6.45, 7) is 1.23. The number of hydrogen-bond acceptors (Lipinski definition) is 5. The molecule has 0 radical (unpaired) electrons. The van der Waals surface area contributed by atoms with E-state index in [9.17, 15) is 18.8 Å². The van der Waals surface area contributed by atoms with Gasteiger partial charge in [-0.25, -0.2) is 14.0 Å². The molecular weight excluding hydrogens is 331 g/mol. The van der Waals surface area contributed by atoms with Gasteiger partial charge in [0.25, 0.3) is 5.91 Å².